The zero-order valence-electron chi connectivity index (χ0n) is 10.1. The summed E-state index contributed by atoms with van der Waals surface area (Å²) in [5.41, 5.74) is 9.09. The highest BCUT2D eigenvalue weighted by Crippen LogP contribution is 2.30. The van der Waals surface area contributed by atoms with Crippen LogP contribution in [-0.4, -0.2) is 4.98 Å². The van der Waals surface area contributed by atoms with Crippen molar-refractivity contribution in [1.29, 1.82) is 0 Å². The molecule has 3 rings (SSSR count). The van der Waals surface area contributed by atoms with Gasteiger partial charge < -0.3 is 5.73 Å². The Hall–Kier alpha value is -1.30. The van der Waals surface area contributed by atoms with Crippen LogP contribution in [-0.2, 0) is 5.75 Å². The third-order valence-electron chi connectivity index (χ3n) is 2.61. The highest BCUT2D eigenvalue weighted by Gasteiger charge is 2.06. The molecule has 2 N–H and O–H groups in total. The van der Waals surface area contributed by atoms with E-state index in [1.807, 2.05) is 24.3 Å². The van der Waals surface area contributed by atoms with Crippen LogP contribution in [0.2, 0.25) is 0 Å². The quantitative estimate of drug-likeness (QED) is 0.558. The fourth-order valence-corrected chi connectivity index (χ4v) is 4.15. The highest BCUT2D eigenvalue weighted by atomic mass is 32.2. The van der Waals surface area contributed by atoms with Crippen molar-refractivity contribution < 1.29 is 0 Å². The molecule has 2 heterocycles. The predicted octanol–water partition coefficient (Wildman–Crippen LogP) is 4.75. The molecular weight excluding hydrogens is 292 g/mol. The van der Waals surface area contributed by atoms with Gasteiger partial charge in [-0.05, 0) is 23.6 Å². The first-order chi connectivity index (χ1) is 9.33. The van der Waals surface area contributed by atoms with Crippen LogP contribution < -0.4 is 5.73 Å². The number of anilines is 1. The fourth-order valence-electron chi connectivity index (χ4n) is 1.66. The maximum Gasteiger partial charge on any atom is 0.124 e. The van der Waals surface area contributed by atoms with E-state index in [9.17, 15) is 0 Å². The largest absolute Gasteiger partial charge is 0.398 e. The van der Waals surface area contributed by atoms with Gasteiger partial charge in [-0.25, -0.2) is 4.98 Å². The van der Waals surface area contributed by atoms with Gasteiger partial charge >= 0.3 is 0 Å². The number of hydrogen-bond donors (Lipinski definition) is 1. The number of thiazole rings is 1. The zero-order chi connectivity index (χ0) is 13.1. The van der Waals surface area contributed by atoms with Crippen LogP contribution in [0, 0.1) is 0 Å². The van der Waals surface area contributed by atoms with E-state index in [4.69, 9.17) is 5.73 Å². The Balaban J connectivity index is 1.70. The number of benzene rings is 1. The number of thioether (sulfide) groups is 1. The van der Waals surface area contributed by atoms with Crippen molar-refractivity contribution in [2.45, 2.75) is 10.6 Å². The van der Waals surface area contributed by atoms with E-state index in [1.165, 1.54) is 5.56 Å². The van der Waals surface area contributed by atoms with E-state index >= 15 is 0 Å². The van der Waals surface area contributed by atoms with Crippen LogP contribution in [0.3, 0.4) is 0 Å². The van der Waals surface area contributed by atoms with Gasteiger partial charge in [0.05, 0.1) is 5.69 Å². The number of nitrogen functional groups attached to an aromatic ring is 1. The number of nitrogens with two attached hydrogens (primary N) is 1. The molecule has 5 heteroatoms. The van der Waals surface area contributed by atoms with Crippen molar-refractivity contribution in [3.63, 3.8) is 0 Å². The monoisotopic (exact) mass is 304 g/mol. The lowest BCUT2D eigenvalue weighted by Crippen LogP contribution is -1.88. The van der Waals surface area contributed by atoms with E-state index in [2.05, 4.69) is 27.2 Å². The summed E-state index contributed by atoms with van der Waals surface area (Å²) in [7, 11) is 0. The molecule has 0 atom stereocenters. The second-order valence-electron chi connectivity index (χ2n) is 3.98. The fraction of sp³-hybridized carbons (Fsp3) is 0.0714. The molecule has 0 unspecified atom stereocenters. The summed E-state index contributed by atoms with van der Waals surface area (Å²) < 4.78 is 0. The molecule has 2 nitrogen and oxygen atoms in total. The number of rotatable bonds is 4. The Morgan fingerprint density at radius 1 is 1.16 bits per heavy atom. The summed E-state index contributed by atoms with van der Waals surface area (Å²) in [4.78, 5) is 5.78. The molecule has 0 radical (unpaired) electrons. The summed E-state index contributed by atoms with van der Waals surface area (Å²) in [6, 6.07) is 10.1. The molecule has 19 heavy (non-hydrogen) atoms. The highest BCUT2D eigenvalue weighted by molar-refractivity contribution is 7.98. The van der Waals surface area contributed by atoms with Gasteiger partial charge in [0.15, 0.2) is 0 Å². The molecule has 0 saturated heterocycles. The molecule has 3 aromatic rings. The molecule has 96 valence electrons. The Bertz CT molecular complexity index is 659. The minimum atomic E-state index is 0.834. The van der Waals surface area contributed by atoms with Crippen molar-refractivity contribution >= 4 is 40.1 Å². The van der Waals surface area contributed by atoms with Gasteiger partial charge in [-0.2, -0.15) is 11.3 Å². The molecule has 2 aromatic heterocycles. The first-order valence-corrected chi connectivity index (χ1v) is 8.58. The summed E-state index contributed by atoms with van der Waals surface area (Å²) in [5.74, 6) is 0.856. The van der Waals surface area contributed by atoms with E-state index in [0.717, 1.165) is 27.0 Å². The lowest BCUT2D eigenvalue weighted by Gasteiger charge is -2.02. The summed E-state index contributed by atoms with van der Waals surface area (Å²) in [6.45, 7) is 0. The van der Waals surface area contributed by atoms with Crippen molar-refractivity contribution in [2.24, 2.45) is 0 Å². The number of nitrogens with zero attached hydrogens (tertiary/aromatic N) is 1. The maximum absolute atomic E-state index is 5.93. The number of para-hydroxylation sites is 1. The second-order valence-corrected chi connectivity index (χ2v) is 6.64. The predicted molar refractivity (Wildman–Crippen MR) is 85.8 cm³/mol. The molecule has 0 aliphatic rings. The average molecular weight is 304 g/mol. The summed E-state index contributed by atoms with van der Waals surface area (Å²) in [6.07, 6.45) is 0. The van der Waals surface area contributed by atoms with Crippen LogP contribution in [0.25, 0.3) is 10.6 Å². The van der Waals surface area contributed by atoms with Crippen LogP contribution in [0.4, 0.5) is 5.69 Å². The number of hydrogen-bond acceptors (Lipinski definition) is 5. The van der Waals surface area contributed by atoms with Crippen molar-refractivity contribution in [2.75, 3.05) is 5.73 Å². The van der Waals surface area contributed by atoms with Crippen LogP contribution in [0.5, 0.6) is 0 Å². The molecule has 0 bridgehead atoms. The van der Waals surface area contributed by atoms with E-state index in [-0.39, 0.29) is 0 Å². The Kier molecular flexibility index (Phi) is 3.87. The van der Waals surface area contributed by atoms with Gasteiger partial charge in [0.25, 0.3) is 0 Å². The molecule has 0 aliphatic carbocycles. The van der Waals surface area contributed by atoms with Crippen LogP contribution >= 0.6 is 34.4 Å². The number of thiophene rings is 1. The zero-order valence-corrected chi connectivity index (χ0v) is 12.5. The maximum atomic E-state index is 5.93. The lowest BCUT2D eigenvalue weighted by atomic mass is 10.3. The first-order valence-electron chi connectivity index (χ1n) is 5.77. The van der Waals surface area contributed by atoms with Crippen molar-refractivity contribution in [3.8, 4) is 10.6 Å². The van der Waals surface area contributed by atoms with E-state index < -0.39 is 0 Å². The Morgan fingerprint density at radius 3 is 2.84 bits per heavy atom. The van der Waals surface area contributed by atoms with E-state index in [1.54, 1.807) is 34.4 Å². The third kappa shape index (κ3) is 3.00. The molecule has 0 saturated carbocycles. The standard InChI is InChI=1S/C14H12N2S3/c15-12-3-1-2-4-13(12)18-8-11-9-19-14(16-11)10-5-6-17-7-10/h1-7,9H,8,15H2. The van der Waals surface area contributed by atoms with E-state index in [0.29, 0.717) is 0 Å². The molecule has 0 aliphatic heterocycles. The minimum absolute atomic E-state index is 0.834. The normalized spacial score (nSPS) is 10.7. The van der Waals surface area contributed by atoms with Gasteiger partial charge in [0, 0.05) is 32.7 Å². The van der Waals surface area contributed by atoms with Crippen molar-refractivity contribution in [3.05, 3.63) is 52.2 Å². The molecule has 0 fully saturated rings. The Morgan fingerprint density at radius 2 is 2.05 bits per heavy atom. The van der Waals surface area contributed by atoms with Crippen LogP contribution in [0.15, 0.2) is 51.4 Å². The molecule has 1 aromatic carbocycles. The second kappa shape index (κ2) is 5.77. The van der Waals surface area contributed by atoms with Gasteiger partial charge in [0.2, 0.25) is 0 Å². The van der Waals surface area contributed by atoms with Gasteiger partial charge in [0.1, 0.15) is 5.01 Å². The first kappa shape index (κ1) is 12.7. The molecular formula is C14H12N2S3. The van der Waals surface area contributed by atoms with Gasteiger partial charge in [-0.15, -0.1) is 23.1 Å². The minimum Gasteiger partial charge on any atom is -0.398 e. The number of aromatic nitrogens is 1. The lowest BCUT2D eigenvalue weighted by molar-refractivity contribution is 1.23. The average Bonchev–Trinajstić information content (AvgIpc) is 3.09. The van der Waals surface area contributed by atoms with Crippen LogP contribution in [0.1, 0.15) is 5.69 Å². The SMILES string of the molecule is Nc1ccccc1SCc1csc(-c2ccsc2)n1. The molecule has 0 amide bonds. The topological polar surface area (TPSA) is 38.9 Å². The Labute approximate surface area is 124 Å². The van der Waals surface area contributed by atoms with Gasteiger partial charge in [-0.1, -0.05) is 12.1 Å². The van der Waals surface area contributed by atoms with Gasteiger partial charge in [-0.3, -0.25) is 0 Å². The molecule has 0 spiro atoms. The smallest absolute Gasteiger partial charge is 0.124 e. The third-order valence-corrected chi connectivity index (χ3v) is 5.36. The summed E-state index contributed by atoms with van der Waals surface area (Å²) in [5, 5.41) is 7.43. The van der Waals surface area contributed by atoms with Crippen molar-refractivity contribution in [1.82, 2.24) is 4.98 Å². The summed E-state index contributed by atoms with van der Waals surface area (Å²) >= 11 is 5.13.